The van der Waals surface area contributed by atoms with Crippen molar-refractivity contribution in [3.63, 3.8) is 0 Å². The normalized spacial score (nSPS) is 18.9. The fourth-order valence-electron chi connectivity index (χ4n) is 4.61. The zero-order valence-electron chi connectivity index (χ0n) is 18.8. The molecule has 2 saturated heterocycles. The number of rotatable bonds is 6. The summed E-state index contributed by atoms with van der Waals surface area (Å²) in [4.78, 5) is 34.6. The van der Waals surface area contributed by atoms with Crippen LogP contribution in [0.3, 0.4) is 0 Å². The maximum atomic E-state index is 13.1. The minimum atomic E-state index is -0.856. The molecule has 4 heterocycles. The van der Waals surface area contributed by atoms with Crippen LogP contribution in [0.25, 0.3) is 11.0 Å². The number of hydrogen-bond donors (Lipinski definition) is 3. The number of ether oxygens (including phenoxy) is 1. The SMILES string of the molecule is NC(=O)c1c(N)n(CC2CCNC2)c2nc(N(c3ccccc3)N3CCOCC3)ncc2c1=O. The number of pyridine rings is 1. The van der Waals surface area contributed by atoms with Crippen molar-refractivity contribution in [3.05, 3.63) is 52.3 Å². The molecular weight excluding hydrogens is 436 g/mol. The van der Waals surface area contributed by atoms with E-state index in [1.54, 1.807) is 4.57 Å². The monoisotopic (exact) mass is 464 g/mol. The van der Waals surface area contributed by atoms with E-state index in [1.807, 2.05) is 35.3 Å². The van der Waals surface area contributed by atoms with Gasteiger partial charge in [-0.3, -0.25) is 9.59 Å². The molecule has 0 saturated carbocycles. The van der Waals surface area contributed by atoms with E-state index < -0.39 is 11.3 Å². The molecule has 5 N–H and O–H groups in total. The predicted octanol–water partition coefficient (Wildman–Crippen LogP) is 0.467. The minimum Gasteiger partial charge on any atom is -0.384 e. The number of morpholine rings is 1. The third-order valence-electron chi connectivity index (χ3n) is 6.34. The molecule has 0 radical (unpaired) electrons. The summed E-state index contributed by atoms with van der Waals surface area (Å²) in [6.45, 7) is 4.75. The smallest absolute Gasteiger partial charge is 0.256 e. The summed E-state index contributed by atoms with van der Waals surface area (Å²) in [6, 6.07) is 9.80. The molecule has 1 atom stereocenters. The molecule has 2 fully saturated rings. The molecule has 11 nitrogen and oxygen atoms in total. The number of nitrogens with one attached hydrogen (secondary N) is 1. The molecule has 2 aromatic heterocycles. The van der Waals surface area contributed by atoms with Crippen LogP contribution in [0.5, 0.6) is 0 Å². The second-order valence-corrected chi connectivity index (χ2v) is 8.54. The minimum absolute atomic E-state index is 0.0409. The van der Waals surface area contributed by atoms with E-state index in [2.05, 4.69) is 15.3 Å². The number of nitrogens with zero attached hydrogens (tertiary/aromatic N) is 5. The summed E-state index contributed by atoms with van der Waals surface area (Å²) in [5.41, 5.74) is 12.4. The molecule has 34 heavy (non-hydrogen) atoms. The number of hydrogen-bond acceptors (Lipinski definition) is 9. The summed E-state index contributed by atoms with van der Waals surface area (Å²) >= 11 is 0. The first-order valence-corrected chi connectivity index (χ1v) is 11.4. The van der Waals surface area contributed by atoms with Crippen LogP contribution in [0.1, 0.15) is 16.8 Å². The maximum Gasteiger partial charge on any atom is 0.256 e. The molecule has 0 spiro atoms. The van der Waals surface area contributed by atoms with Crippen molar-refractivity contribution in [2.75, 3.05) is 50.1 Å². The maximum absolute atomic E-state index is 13.1. The molecule has 2 aliphatic heterocycles. The first kappa shape index (κ1) is 22.3. The van der Waals surface area contributed by atoms with Crippen molar-refractivity contribution < 1.29 is 9.53 Å². The highest BCUT2D eigenvalue weighted by molar-refractivity contribution is 6.00. The van der Waals surface area contributed by atoms with Gasteiger partial charge in [-0.1, -0.05) is 18.2 Å². The van der Waals surface area contributed by atoms with E-state index >= 15 is 0 Å². The first-order valence-electron chi connectivity index (χ1n) is 11.4. The summed E-state index contributed by atoms with van der Waals surface area (Å²) in [6.07, 6.45) is 2.42. The van der Waals surface area contributed by atoms with Gasteiger partial charge in [-0.15, -0.1) is 0 Å². The number of nitrogens with two attached hydrogens (primary N) is 2. The van der Waals surface area contributed by atoms with E-state index in [0.29, 0.717) is 44.4 Å². The molecule has 1 unspecified atom stereocenters. The van der Waals surface area contributed by atoms with E-state index in [-0.39, 0.29) is 22.7 Å². The largest absolute Gasteiger partial charge is 0.384 e. The van der Waals surface area contributed by atoms with Gasteiger partial charge in [-0.2, -0.15) is 4.98 Å². The van der Waals surface area contributed by atoms with Crippen molar-refractivity contribution in [2.24, 2.45) is 11.7 Å². The second kappa shape index (κ2) is 9.37. The lowest BCUT2D eigenvalue weighted by atomic mass is 10.1. The molecule has 1 amide bonds. The Bertz CT molecular complexity index is 1250. The molecule has 11 heteroatoms. The average molecular weight is 465 g/mol. The van der Waals surface area contributed by atoms with Crippen LogP contribution >= 0.6 is 0 Å². The van der Waals surface area contributed by atoms with Crippen molar-refractivity contribution in [2.45, 2.75) is 13.0 Å². The van der Waals surface area contributed by atoms with E-state index in [4.69, 9.17) is 21.2 Å². The highest BCUT2D eigenvalue weighted by Crippen LogP contribution is 2.27. The number of hydrazine groups is 1. The van der Waals surface area contributed by atoms with Gasteiger partial charge in [-0.05, 0) is 37.6 Å². The number of amides is 1. The van der Waals surface area contributed by atoms with Crippen LogP contribution in [-0.4, -0.2) is 64.8 Å². The predicted molar refractivity (Wildman–Crippen MR) is 129 cm³/mol. The van der Waals surface area contributed by atoms with Gasteiger partial charge in [0.25, 0.3) is 5.91 Å². The van der Waals surface area contributed by atoms with Gasteiger partial charge >= 0.3 is 0 Å². The number of para-hydroxylation sites is 1. The quantitative estimate of drug-likeness (QED) is 0.474. The number of benzene rings is 1. The topological polar surface area (TPSA) is 145 Å². The number of anilines is 3. The van der Waals surface area contributed by atoms with Gasteiger partial charge < -0.3 is 26.1 Å². The Kier molecular flexibility index (Phi) is 6.14. The number of carbonyl (C=O) groups is 1. The van der Waals surface area contributed by atoms with Crippen LogP contribution in [0.15, 0.2) is 41.3 Å². The molecule has 2 aliphatic rings. The van der Waals surface area contributed by atoms with Crippen molar-refractivity contribution >= 4 is 34.4 Å². The van der Waals surface area contributed by atoms with Crippen molar-refractivity contribution in [1.82, 2.24) is 24.9 Å². The van der Waals surface area contributed by atoms with E-state index in [9.17, 15) is 9.59 Å². The Hall–Kier alpha value is -3.54. The van der Waals surface area contributed by atoms with E-state index in [0.717, 1.165) is 25.2 Å². The van der Waals surface area contributed by atoms with Crippen LogP contribution in [0.2, 0.25) is 0 Å². The van der Waals surface area contributed by atoms with E-state index in [1.165, 1.54) is 6.20 Å². The Balaban J connectivity index is 1.69. The summed E-state index contributed by atoms with van der Waals surface area (Å²) in [5.74, 6) is -0.119. The first-order chi connectivity index (χ1) is 16.5. The standard InChI is InChI=1S/C23H28N8O3/c24-20-18(21(25)33)19(32)17-13-27-23(28-22(17)30(20)14-15-6-7-26-12-15)31(16-4-2-1-3-5-16)29-8-10-34-11-9-29/h1-5,13,15,26H,6-12,14,24H2,(H2,25,33). The molecule has 3 aromatic rings. The Morgan fingerprint density at radius 2 is 2.00 bits per heavy atom. The number of aromatic nitrogens is 3. The molecular formula is C23H28N8O3. The number of primary amides is 1. The molecule has 0 bridgehead atoms. The van der Waals surface area contributed by atoms with Crippen LogP contribution < -0.4 is 27.2 Å². The van der Waals surface area contributed by atoms with Crippen molar-refractivity contribution in [3.8, 4) is 0 Å². The zero-order chi connectivity index (χ0) is 23.7. The Morgan fingerprint density at radius 1 is 1.24 bits per heavy atom. The fourth-order valence-corrected chi connectivity index (χ4v) is 4.61. The van der Waals surface area contributed by atoms with Crippen LogP contribution in [-0.2, 0) is 11.3 Å². The van der Waals surface area contributed by atoms with Gasteiger partial charge in [0.2, 0.25) is 11.4 Å². The second-order valence-electron chi connectivity index (χ2n) is 8.54. The third-order valence-corrected chi connectivity index (χ3v) is 6.34. The lowest BCUT2D eigenvalue weighted by Gasteiger charge is -2.37. The lowest BCUT2D eigenvalue weighted by molar-refractivity contribution is 0.0372. The van der Waals surface area contributed by atoms with Gasteiger partial charge in [0.15, 0.2) is 5.65 Å². The van der Waals surface area contributed by atoms with Gasteiger partial charge in [0.05, 0.1) is 24.3 Å². The fraction of sp³-hybridized carbons (Fsp3) is 0.391. The van der Waals surface area contributed by atoms with Gasteiger partial charge in [0, 0.05) is 25.8 Å². The summed E-state index contributed by atoms with van der Waals surface area (Å²) < 4.78 is 7.27. The van der Waals surface area contributed by atoms with Crippen molar-refractivity contribution in [1.29, 1.82) is 0 Å². The molecule has 1 aromatic carbocycles. The summed E-state index contributed by atoms with van der Waals surface area (Å²) in [5, 5.41) is 7.60. The number of nitrogen functional groups attached to an aromatic ring is 1. The summed E-state index contributed by atoms with van der Waals surface area (Å²) in [7, 11) is 0. The number of carbonyl (C=O) groups excluding carboxylic acids is 1. The van der Waals surface area contributed by atoms with Gasteiger partial charge in [-0.25, -0.2) is 15.0 Å². The molecule has 178 valence electrons. The van der Waals surface area contributed by atoms with Crippen LogP contribution in [0, 0.1) is 5.92 Å². The highest BCUT2D eigenvalue weighted by atomic mass is 16.5. The van der Waals surface area contributed by atoms with Crippen LogP contribution in [0.4, 0.5) is 17.5 Å². The Morgan fingerprint density at radius 3 is 2.68 bits per heavy atom. The Labute approximate surface area is 196 Å². The zero-order valence-corrected chi connectivity index (χ0v) is 18.8. The average Bonchev–Trinajstić information content (AvgIpc) is 3.36. The third kappa shape index (κ3) is 4.09. The molecule has 5 rings (SSSR count). The highest BCUT2D eigenvalue weighted by Gasteiger charge is 2.27. The lowest BCUT2D eigenvalue weighted by Crippen LogP contribution is -2.47. The molecule has 0 aliphatic carbocycles. The number of fused-ring (bicyclic) bond motifs is 1. The van der Waals surface area contributed by atoms with Gasteiger partial charge in [0.1, 0.15) is 11.4 Å².